The van der Waals surface area contributed by atoms with Gasteiger partial charge in [0.1, 0.15) is 18.1 Å². The number of likely N-dealkylation sites (tertiary alicyclic amines) is 1. The molecule has 0 atom stereocenters. The Balaban J connectivity index is 0.00000210. The van der Waals surface area contributed by atoms with Crippen LogP contribution in [-0.4, -0.2) is 61.7 Å². The van der Waals surface area contributed by atoms with E-state index in [1.807, 2.05) is 36.2 Å². The summed E-state index contributed by atoms with van der Waals surface area (Å²) in [7, 11) is -1.28. The lowest BCUT2D eigenvalue weighted by Crippen LogP contribution is -2.40. The summed E-state index contributed by atoms with van der Waals surface area (Å²) in [5, 5.41) is 3.18. The average molecular weight is 465 g/mol. The summed E-state index contributed by atoms with van der Waals surface area (Å²) in [5.74, 6) is 0.952. The highest BCUT2D eigenvalue weighted by molar-refractivity contribution is 7.89. The number of piperidine rings is 1. The highest BCUT2D eigenvalue weighted by atomic mass is 35.5. The quantitative estimate of drug-likeness (QED) is 0.678. The molecule has 0 spiro atoms. The van der Waals surface area contributed by atoms with E-state index >= 15 is 0 Å². The largest absolute Gasteiger partial charge is 0.341 e. The number of benzene rings is 1. The first kappa shape index (κ1) is 25.7. The van der Waals surface area contributed by atoms with E-state index in [0.29, 0.717) is 11.7 Å². The van der Waals surface area contributed by atoms with Gasteiger partial charge in [0, 0.05) is 19.3 Å². The lowest BCUT2D eigenvalue weighted by molar-refractivity contribution is -0.133. The zero-order valence-corrected chi connectivity index (χ0v) is 19.3. The number of hydrogen-bond donors (Lipinski definition) is 1. The van der Waals surface area contributed by atoms with Crippen LogP contribution in [0.3, 0.4) is 0 Å². The van der Waals surface area contributed by atoms with Crippen molar-refractivity contribution in [2.75, 3.05) is 32.9 Å². The summed E-state index contributed by atoms with van der Waals surface area (Å²) in [5.41, 5.74) is 1.52. The van der Waals surface area contributed by atoms with Gasteiger partial charge in [-0.2, -0.15) is 0 Å². The first-order valence-corrected chi connectivity index (χ1v) is 11.5. The zero-order chi connectivity index (χ0) is 19.4. The summed E-state index contributed by atoms with van der Waals surface area (Å²) < 4.78 is 25.3. The van der Waals surface area contributed by atoms with Crippen molar-refractivity contribution in [3.63, 3.8) is 0 Å². The molecule has 1 aromatic heterocycles. The predicted molar refractivity (Wildman–Crippen MR) is 121 cm³/mol. The van der Waals surface area contributed by atoms with E-state index in [-0.39, 0.29) is 43.0 Å². The van der Waals surface area contributed by atoms with Crippen LogP contribution in [0, 0.1) is 5.92 Å². The predicted octanol–water partition coefficient (Wildman–Crippen LogP) is 2.27. The average Bonchev–Trinajstić information content (AvgIpc) is 2.96. The van der Waals surface area contributed by atoms with Crippen molar-refractivity contribution in [3.8, 4) is 0 Å². The second-order valence-electron chi connectivity index (χ2n) is 7.39. The van der Waals surface area contributed by atoms with E-state index in [9.17, 15) is 13.2 Å². The second-order valence-corrected chi connectivity index (χ2v) is 9.53. The van der Waals surface area contributed by atoms with Crippen molar-refractivity contribution in [2.45, 2.75) is 31.6 Å². The molecule has 1 aromatic carbocycles. The molecule has 10 heteroatoms. The number of hydrogen-bond acceptors (Lipinski definition) is 5. The standard InChI is InChI=1S/C19H28N4O3S.2ClH/c1-20-10-7-15-8-11-22(12-9-15)19(24)13-23-17-6-4-3-5-16(17)21-18(23)14-27(2,25)26;;/h3-6,15,20H,7-14H2,1-2H3;2*1H. The molecular weight excluding hydrogens is 435 g/mol. The Kier molecular flexibility index (Phi) is 9.88. The molecule has 1 aliphatic heterocycles. The van der Waals surface area contributed by atoms with Gasteiger partial charge < -0.3 is 14.8 Å². The Morgan fingerprint density at radius 2 is 1.86 bits per heavy atom. The molecule has 0 radical (unpaired) electrons. The lowest BCUT2D eigenvalue weighted by atomic mass is 9.93. The third-order valence-corrected chi connectivity index (χ3v) is 5.97. The molecule has 2 heterocycles. The Morgan fingerprint density at radius 3 is 2.48 bits per heavy atom. The number of carbonyl (C=O) groups excluding carboxylic acids is 1. The third-order valence-electron chi connectivity index (χ3n) is 5.19. The molecule has 0 bridgehead atoms. The number of rotatable bonds is 7. The van der Waals surface area contributed by atoms with Gasteiger partial charge in [0.2, 0.25) is 5.91 Å². The molecule has 1 saturated heterocycles. The maximum absolute atomic E-state index is 12.9. The third kappa shape index (κ3) is 6.84. The molecule has 164 valence electrons. The summed E-state index contributed by atoms with van der Waals surface area (Å²) in [6.07, 6.45) is 4.38. The lowest BCUT2D eigenvalue weighted by Gasteiger charge is -2.32. The molecule has 0 unspecified atom stereocenters. The molecule has 1 N–H and O–H groups in total. The molecule has 1 aliphatic rings. The fourth-order valence-corrected chi connectivity index (χ4v) is 4.39. The van der Waals surface area contributed by atoms with E-state index in [4.69, 9.17) is 0 Å². The van der Waals surface area contributed by atoms with Gasteiger partial charge >= 0.3 is 0 Å². The number of halogens is 2. The fraction of sp³-hybridized carbons (Fsp3) is 0.579. The minimum Gasteiger partial charge on any atom is -0.341 e. The highest BCUT2D eigenvalue weighted by Gasteiger charge is 2.24. The smallest absolute Gasteiger partial charge is 0.242 e. The minimum atomic E-state index is -3.24. The number of sulfone groups is 1. The maximum atomic E-state index is 12.9. The normalized spacial score (nSPS) is 15.0. The minimum absolute atomic E-state index is 0. The Bertz CT molecular complexity index is 909. The van der Waals surface area contributed by atoms with Gasteiger partial charge in [0.15, 0.2) is 9.84 Å². The fourth-order valence-electron chi connectivity index (χ4n) is 3.70. The number of fused-ring (bicyclic) bond motifs is 1. The van der Waals surface area contributed by atoms with E-state index in [0.717, 1.165) is 49.9 Å². The number of aromatic nitrogens is 2. The van der Waals surface area contributed by atoms with Crippen LogP contribution in [0.5, 0.6) is 0 Å². The summed E-state index contributed by atoms with van der Waals surface area (Å²) in [6, 6.07) is 7.46. The van der Waals surface area contributed by atoms with E-state index < -0.39 is 9.84 Å². The number of para-hydroxylation sites is 2. The molecule has 3 rings (SSSR count). The van der Waals surface area contributed by atoms with Crippen LogP contribution in [0.1, 0.15) is 25.1 Å². The zero-order valence-electron chi connectivity index (χ0n) is 16.8. The van der Waals surface area contributed by atoms with Crippen molar-refractivity contribution in [2.24, 2.45) is 5.92 Å². The van der Waals surface area contributed by atoms with Crippen LogP contribution in [-0.2, 0) is 26.9 Å². The van der Waals surface area contributed by atoms with Crippen LogP contribution in [0.2, 0.25) is 0 Å². The van der Waals surface area contributed by atoms with Gasteiger partial charge in [-0.1, -0.05) is 12.1 Å². The number of carbonyl (C=O) groups is 1. The van der Waals surface area contributed by atoms with Gasteiger partial charge in [-0.3, -0.25) is 4.79 Å². The molecule has 1 fully saturated rings. The van der Waals surface area contributed by atoms with Crippen LogP contribution < -0.4 is 5.32 Å². The van der Waals surface area contributed by atoms with Gasteiger partial charge in [-0.05, 0) is 50.9 Å². The van der Waals surface area contributed by atoms with Gasteiger partial charge in [0.05, 0.1) is 11.0 Å². The van der Waals surface area contributed by atoms with Crippen LogP contribution in [0.15, 0.2) is 24.3 Å². The first-order valence-electron chi connectivity index (χ1n) is 9.41. The topological polar surface area (TPSA) is 84.3 Å². The SMILES string of the molecule is CNCCC1CCN(C(=O)Cn2c(CS(C)(=O)=O)nc3ccccc32)CC1.Cl.Cl. The van der Waals surface area contributed by atoms with Crippen molar-refractivity contribution >= 4 is 51.6 Å². The number of nitrogens with one attached hydrogen (secondary N) is 1. The number of imidazole rings is 1. The molecule has 1 amide bonds. The molecule has 29 heavy (non-hydrogen) atoms. The molecular formula is C19H30Cl2N4O3S. The number of nitrogens with zero attached hydrogens (tertiary/aromatic N) is 3. The van der Waals surface area contributed by atoms with Gasteiger partial charge in [-0.25, -0.2) is 13.4 Å². The molecule has 2 aromatic rings. The Hall–Kier alpha value is -1.35. The molecule has 0 saturated carbocycles. The van der Waals surface area contributed by atoms with Crippen molar-refractivity contribution in [1.29, 1.82) is 0 Å². The summed E-state index contributed by atoms with van der Waals surface area (Å²) in [6.45, 7) is 2.67. The number of amides is 1. The van der Waals surface area contributed by atoms with Crippen LogP contribution >= 0.6 is 24.8 Å². The van der Waals surface area contributed by atoms with E-state index in [1.165, 1.54) is 6.26 Å². The monoisotopic (exact) mass is 464 g/mol. The van der Waals surface area contributed by atoms with Crippen molar-refractivity contribution in [3.05, 3.63) is 30.1 Å². The van der Waals surface area contributed by atoms with Crippen LogP contribution in [0.25, 0.3) is 11.0 Å². The first-order chi connectivity index (χ1) is 12.9. The summed E-state index contributed by atoms with van der Waals surface area (Å²) in [4.78, 5) is 19.2. The maximum Gasteiger partial charge on any atom is 0.242 e. The van der Waals surface area contributed by atoms with Crippen molar-refractivity contribution < 1.29 is 13.2 Å². The summed E-state index contributed by atoms with van der Waals surface area (Å²) >= 11 is 0. The van der Waals surface area contributed by atoms with Crippen molar-refractivity contribution in [1.82, 2.24) is 19.8 Å². The van der Waals surface area contributed by atoms with E-state index in [1.54, 1.807) is 4.57 Å². The van der Waals surface area contributed by atoms with E-state index in [2.05, 4.69) is 10.3 Å². The van der Waals surface area contributed by atoms with Gasteiger partial charge in [-0.15, -0.1) is 24.8 Å². The molecule has 0 aliphatic carbocycles. The van der Waals surface area contributed by atoms with Gasteiger partial charge in [0.25, 0.3) is 0 Å². The highest BCUT2D eigenvalue weighted by Crippen LogP contribution is 2.22. The molecule has 7 nitrogen and oxygen atoms in total. The Labute approximate surface area is 185 Å². The van der Waals surface area contributed by atoms with Crippen LogP contribution in [0.4, 0.5) is 0 Å². The second kappa shape index (κ2) is 11.2. The Morgan fingerprint density at radius 1 is 1.21 bits per heavy atom.